The van der Waals surface area contributed by atoms with Gasteiger partial charge in [0.05, 0.1) is 5.69 Å². The highest BCUT2D eigenvalue weighted by atomic mass is 79.9. The molecule has 0 unspecified atom stereocenters. The van der Waals surface area contributed by atoms with Gasteiger partial charge in [0.1, 0.15) is 5.82 Å². The molecule has 2 aromatic rings. The molecule has 21 heavy (non-hydrogen) atoms. The molecule has 0 atom stereocenters. The fourth-order valence-electron chi connectivity index (χ4n) is 2.27. The van der Waals surface area contributed by atoms with Gasteiger partial charge in [-0.15, -0.1) is 0 Å². The molecule has 4 heteroatoms. The van der Waals surface area contributed by atoms with Crippen LogP contribution in [0.1, 0.15) is 19.4 Å². The van der Waals surface area contributed by atoms with Crippen molar-refractivity contribution in [1.82, 2.24) is 0 Å². The van der Waals surface area contributed by atoms with E-state index in [0.717, 1.165) is 23.1 Å². The first-order chi connectivity index (χ1) is 10.2. The predicted octanol–water partition coefficient (Wildman–Crippen LogP) is 5.05. The summed E-state index contributed by atoms with van der Waals surface area (Å²) in [6, 6.07) is 13.3. The van der Waals surface area contributed by atoms with Gasteiger partial charge in [-0.2, -0.15) is 0 Å². The fourth-order valence-corrected chi connectivity index (χ4v) is 2.75. The predicted molar refractivity (Wildman–Crippen MR) is 91.4 cm³/mol. The number of anilines is 2. The Labute approximate surface area is 134 Å². The minimum atomic E-state index is -0.246. The molecule has 2 nitrogen and oxygen atoms in total. The van der Waals surface area contributed by atoms with Crippen LogP contribution in [0.15, 0.2) is 46.9 Å². The normalized spacial score (nSPS) is 10.5. The van der Waals surface area contributed by atoms with Crippen molar-refractivity contribution < 1.29 is 4.39 Å². The highest BCUT2D eigenvalue weighted by molar-refractivity contribution is 9.10. The Morgan fingerprint density at radius 3 is 2.29 bits per heavy atom. The minimum Gasteiger partial charge on any atom is -0.378 e. The number of nitrogens with one attached hydrogen (secondary N) is 1. The maximum atomic E-state index is 13.7. The Morgan fingerprint density at radius 1 is 1.05 bits per heavy atom. The number of hydrogen-bond acceptors (Lipinski definition) is 2. The van der Waals surface area contributed by atoms with Crippen LogP contribution in [0.4, 0.5) is 15.8 Å². The van der Waals surface area contributed by atoms with Crippen molar-refractivity contribution in [3.05, 3.63) is 58.3 Å². The highest BCUT2D eigenvalue weighted by Crippen LogP contribution is 2.26. The van der Waals surface area contributed by atoms with Gasteiger partial charge >= 0.3 is 0 Å². The van der Waals surface area contributed by atoms with E-state index in [2.05, 4.69) is 64.3 Å². The molecule has 0 spiro atoms. The van der Waals surface area contributed by atoms with E-state index in [-0.39, 0.29) is 5.82 Å². The first kappa shape index (κ1) is 15.8. The summed E-state index contributed by atoms with van der Waals surface area (Å²) in [5.41, 5.74) is 2.85. The summed E-state index contributed by atoms with van der Waals surface area (Å²) in [5.74, 6) is -0.246. The molecule has 0 aromatic heterocycles. The summed E-state index contributed by atoms with van der Waals surface area (Å²) in [5, 5.41) is 3.14. The molecule has 0 amide bonds. The van der Waals surface area contributed by atoms with Crippen LogP contribution >= 0.6 is 15.9 Å². The summed E-state index contributed by atoms with van der Waals surface area (Å²) in [4.78, 5) is 2.30. The average molecular weight is 351 g/mol. The van der Waals surface area contributed by atoms with Gasteiger partial charge < -0.3 is 10.2 Å². The Morgan fingerprint density at radius 2 is 1.71 bits per heavy atom. The molecule has 0 aliphatic carbocycles. The molecule has 0 saturated carbocycles. The van der Waals surface area contributed by atoms with Crippen LogP contribution in [0.2, 0.25) is 0 Å². The molecule has 0 aliphatic heterocycles. The topological polar surface area (TPSA) is 15.3 Å². The van der Waals surface area contributed by atoms with E-state index in [1.165, 1.54) is 11.8 Å². The lowest BCUT2D eigenvalue weighted by Gasteiger charge is -2.21. The van der Waals surface area contributed by atoms with E-state index in [9.17, 15) is 4.39 Å². The van der Waals surface area contributed by atoms with Gasteiger partial charge in [-0.05, 0) is 59.6 Å². The molecule has 2 rings (SSSR count). The maximum absolute atomic E-state index is 13.7. The second-order valence-corrected chi connectivity index (χ2v) is 5.64. The summed E-state index contributed by atoms with van der Waals surface area (Å²) < 4.78 is 14.5. The summed E-state index contributed by atoms with van der Waals surface area (Å²) in [7, 11) is 0. The molecule has 1 N–H and O–H groups in total. The third-order valence-electron chi connectivity index (χ3n) is 3.50. The van der Waals surface area contributed by atoms with Crippen LogP contribution in [-0.2, 0) is 6.54 Å². The van der Waals surface area contributed by atoms with Crippen LogP contribution in [0.5, 0.6) is 0 Å². The molecule has 0 aliphatic rings. The van der Waals surface area contributed by atoms with E-state index in [1.807, 2.05) is 6.07 Å². The van der Waals surface area contributed by atoms with E-state index in [1.54, 1.807) is 6.07 Å². The van der Waals surface area contributed by atoms with E-state index in [4.69, 9.17) is 0 Å². The first-order valence-corrected chi connectivity index (χ1v) is 7.96. The number of rotatable bonds is 6. The largest absolute Gasteiger partial charge is 0.378 e. The van der Waals surface area contributed by atoms with Crippen molar-refractivity contribution in [2.45, 2.75) is 20.4 Å². The van der Waals surface area contributed by atoms with Crippen LogP contribution < -0.4 is 10.2 Å². The molecule has 0 saturated heterocycles. The Bertz CT molecular complexity index is 560. The highest BCUT2D eigenvalue weighted by Gasteiger charge is 2.06. The SMILES string of the molecule is CCN(CC)c1ccc(CNc2c(F)cccc2Br)cc1. The average Bonchev–Trinajstić information content (AvgIpc) is 2.49. The van der Waals surface area contributed by atoms with Crippen LogP contribution in [0.25, 0.3) is 0 Å². The monoisotopic (exact) mass is 350 g/mol. The minimum absolute atomic E-state index is 0.246. The van der Waals surface area contributed by atoms with E-state index < -0.39 is 0 Å². The van der Waals surface area contributed by atoms with Crippen LogP contribution in [0, 0.1) is 5.82 Å². The number of para-hydroxylation sites is 1. The lowest BCUT2D eigenvalue weighted by molar-refractivity contribution is 0.629. The molecular weight excluding hydrogens is 331 g/mol. The van der Waals surface area contributed by atoms with Gasteiger partial charge in [0.2, 0.25) is 0 Å². The zero-order chi connectivity index (χ0) is 15.2. The summed E-state index contributed by atoms with van der Waals surface area (Å²) in [6.07, 6.45) is 0. The summed E-state index contributed by atoms with van der Waals surface area (Å²) >= 11 is 3.36. The molecule has 2 aromatic carbocycles. The van der Waals surface area contributed by atoms with Crippen molar-refractivity contribution in [3.8, 4) is 0 Å². The molecule has 0 bridgehead atoms. The molecular formula is C17H20BrFN2. The van der Waals surface area contributed by atoms with Gasteiger partial charge in [-0.3, -0.25) is 0 Å². The number of halogens is 2. The molecule has 0 fully saturated rings. The Hall–Kier alpha value is -1.55. The van der Waals surface area contributed by atoms with Crippen LogP contribution in [-0.4, -0.2) is 13.1 Å². The Balaban J connectivity index is 2.04. The van der Waals surface area contributed by atoms with Crippen molar-refractivity contribution in [2.75, 3.05) is 23.3 Å². The third kappa shape index (κ3) is 3.97. The van der Waals surface area contributed by atoms with Gasteiger partial charge in [-0.1, -0.05) is 18.2 Å². The van der Waals surface area contributed by atoms with Crippen molar-refractivity contribution in [1.29, 1.82) is 0 Å². The van der Waals surface area contributed by atoms with Gasteiger partial charge in [0.15, 0.2) is 0 Å². The lowest BCUT2D eigenvalue weighted by Crippen LogP contribution is -2.21. The quantitative estimate of drug-likeness (QED) is 0.784. The van der Waals surface area contributed by atoms with Crippen LogP contribution in [0.3, 0.4) is 0 Å². The second-order valence-electron chi connectivity index (χ2n) is 4.79. The van der Waals surface area contributed by atoms with Crippen molar-refractivity contribution >= 4 is 27.3 Å². The zero-order valence-corrected chi connectivity index (χ0v) is 14.0. The standard InChI is InChI=1S/C17H20BrFN2/c1-3-21(4-2)14-10-8-13(9-11-14)12-20-17-15(18)6-5-7-16(17)19/h5-11,20H,3-4,12H2,1-2H3. The summed E-state index contributed by atoms with van der Waals surface area (Å²) in [6.45, 7) is 6.88. The second kappa shape index (κ2) is 7.46. The number of benzene rings is 2. The van der Waals surface area contributed by atoms with Crippen molar-refractivity contribution in [2.24, 2.45) is 0 Å². The van der Waals surface area contributed by atoms with Gasteiger partial charge in [-0.25, -0.2) is 4.39 Å². The van der Waals surface area contributed by atoms with E-state index >= 15 is 0 Å². The Kier molecular flexibility index (Phi) is 5.62. The molecule has 0 heterocycles. The fraction of sp³-hybridized carbons (Fsp3) is 0.294. The first-order valence-electron chi connectivity index (χ1n) is 7.17. The molecule has 112 valence electrons. The maximum Gasteiger partial charge on any atom is 0.147 e. The smallest absolute Gasteiger partial charge is 0.147 e. The molecule has 0 radical (unpaired) electrons. The van der Waals surface area contributed by atoms with E-state index in [0.29, 0.717) is 12.2 Å². The van der Waals surface area contributed by atoms with Crippen molar-refractivity contribution in [3.63, 3.8) is 0 Å². The third-order valence-corrected chi connectivity index (χ3v) is 4.16. The number of hydrogen-bond donors (Lipinski definition) is 1. The lowest BCUT2D eigenvalue weighted by atomic mass is 10.2. The van der Waals surface area contributed by atoms with Gasteiger partial charge in [0.25, 0.3) is 0 Å². The zero-order valence-electron chi connectivity index (χ0n) is 12.4. The number of nitrogens with zero attached hydrogens (tertiary/aromatic N) is 1. The van der Waals surface area contributed by atoms with Gasteiger partial charge in [0, 0.05) is 29.8 Å².